The number of carbonyl (C=O) groups is 2. The minimum Gasteiger partial charge on any atom is -0.488 e. The lowest BCUT2D eigenvalue weighted by molar-refractivity contribution is -0.384. The van der Waals surface area contributed by atoms with E-state index in [1.165, 1.54) is 28.9 Å². The number of hydrogen-bond acceptors (Lipinski definition) is 11. The number of esters is 1. The van der Waals surface area contributed by atoms with Crippen molar-refractivity contribution in [2.75, 3.05) is 6.61 Å². The van der Waals surface area contributed by atoms with Crippen molar-refractivity contribution in [1.82, 2.24) is 20.0 Å². The average Bonchev–Trinajstić information content (AvgIpc) is 3.31. The number of hydrogen-bond donors (Lipinski definition) is 0. The zero-order valence-electron chi connectivity index (χ0n) is 21.6. The van der Waals surface area contributed by atoms with Gasteiger partial charge in [-0.1, -0.05) is 5.21 Å². The minimum atomic E-state index is -0.986. The molecule has 0 bridgehead atoms. The highest BCUT2D eigenvalue weighted by Gasteiger charge is 2.63. The quantitative estimate of drug-likeness (QED) is 0.169. The van der Waals surface area contributed by atoms with Crippen LogP contribution in [0.5, 0.6) is 11.5 Å². The van der Waals surface area contributed by atoms with Gasteiger partial charge in [-0.25, -0.2) is 14.5 Å². The Bertz CT molecular complexity index is 1410. The fourth-order valence-electron chi connectivity index (χ4n) is 5.13. The smallest absolute Gasteiger partial charge is 0.488 e. The van der Waals surface area contributed by atoms with Crippen LogP contribution in [0.3, 0.4) is 0 Å². The van der Waals surface area contributed by atoms with Gasteiger partial charge in [0.1, 0.15) is 35.6 Å². The van der Waals surface area contributed by atoms with Crippen LogP contribution in [0.1, 0.15) is 31.2 Å². The minimum absolute atomic E-state index is 0.0574. The molecule has 0 spiro atoms. The number of aromatic nitrogens is 4. The number of carbonyl (C=O) groups excluding carboxylic acids is 2. The van der Waals surface area contributed by atoms with Crippen LogP contribution < -0.4 is 9.47 Å². The number of ether oxygens (including phenoxy) is 4. The zero-order valence-corrected chi connectivity index (χ0v) is 21.6. The fraction of sp³-hybridized carbons (Fsp3) is 0.423. The number of non-ortho nitro benzene ring substituents is 1. The molecule has 2 heterocycles. The molecule has 13 nitrogen and oxygen atoms in total. The lowest BCUT2D eigenvalue weighted by atomic mass is 10.1. The van der Waals surface area contributed by atoms with E-state index in [1.807, 2.05) is 19.9 Å². The van der Waals surface area contributed by atoms with E-state index in [0.717, 1.165) is 12.8 Å². The second-order valence-electron chi connectivity index (χ2n) is 9.43. The van der Waals surface area contributed by atoms with Crippen molar-refractivity contribution in [2.24, 2.45) is 24.8 Å². The summed E-state index contributed by atoms with van der Waals surface area (Å²) in [6, 6.07) is 8.63. The molecule has 2 saturated carbocycles. The maximum atomic E-state index is 12.2. The third kappa shape index (κ3) is 5.38. The van der Waals surface area contributed by atoms with Crippen LogP contribution in [-0.2, 0) is 27.9 Å². The highest BCUT2D eigenvalue weighted by atomic mass is 16.7. The molecule has 5 rings (SSSR count). The molecule has 0 N–H and O–H groups in total. The number of pyridine rings is 1. The number of nitro groups is 1. The molecule has 13 heteroatoms. The van der Waals surface area contributed by atoms with Gasteiger partial charge in [0.2, 0.25) is 0 Å². The number of aryl methyl sites for hydroxylation is 2. The Kier molecular flexibility index (Phi) is 7.13. The first-order valence-corrected chi connectivity index (χ1v) is 12.6. The lowest BCUT2D eigenvalue weighted by Gasteiger charge is -2.18. The van der Waals surface area contributed by atoms with Crippen molar-refractivity contribution >= 4 is 17.8 Å². The van der Waals surface area contributed by atoms with Gasteiger partial charge >= 0.3 is 12.1 Å². The molecule has 2 aliphatic carbocycles. The third-order valence-electron chi connectivity index (χ3n) is 7.08. The van der Waals surface area contributed by atoms with Crippen molar-refractivity contribution in [1.29, 1.82) is 0 Å². The van der Waals surface area contributed by atoms with E-state index in [1.54, 1.807) is 13.1 Å². The molecule has 4 atom stereocenters. The first-order chi connectivity index (χ1) is 18.8. The molecular formula is C26H27N5O8. The van der Waals surface area contributed by atoms with Crippen molar-refractivity contribution in [3.05, 3.63) is 57.9 Å². The highest BCUT2D eigenvalue weighted by Crippen LogP contribution is 2.59. The van der Waals surface area contributed by atoms with Gasteiger partial charge in [-0.15, -0.1) is 5.10 Å². The average molecular weight is 538 g/mol. The van der Waals surface area contributed by atoms with Gasteiger partial charge in [-0.2, -0.15) is 0 Å². The Morgan fingerprint density at radius 1 is 1.13 bits per heavy atom. The Balaban J connectivity index is 1.22. The van der Waals surface area contributed by atoms with Crippen LogP contribution in [0.25, 0.3) is 11.4 Å². The predicted octanol–water partition coefficient (Wildman–Crippen LogP) is 3.78. The molecule has 2 aliphatic rings. The monoisotopic (exact) mass is 537 g/mol. The van der Waals surface area contributed by atoms with E-state index in [0.29, 0.717) is 41.1 Å². The summed E-state index contributed by atoms with van der Waals surface area (Å²) in [7, 11) is 1.66. The third-order valence-corrected chi connectivity index (χ3v) is 7.08. The molecule has 0 saturated heterocycles. The number of nitro benzene ring substituents is 1. The number of rotatable bonds is 9. The Hall–Kier alpha value is -4.55. The number of fused-ring (bicyclic) bond motifs is 1. The van der Waals surface area contributed by atoms with E-state index in [-0.39, 0.29) is 42.0 Å². The summed E-state index contributed by atoms with van der Waals surface area (Å²) < 4.78 is 23.2. The zero-order chi connectivity index (χ0) is 27.7. The summed E-state index contributed by atoms with van der Waals surface area (Å²) in [5.74, 6) is 1.03. The summed E-state index contributed by atoms with van der Waals surface area (Å²) >= 11 is 0. The van der Waals surface area contributed by atoms with Crippen molar-refractivity contribution in [3.8, 4) is 22.9 Å². The maximum Gasteiger partial charge on any atom is 0.514 e. The van der Waals surface area contributed by atoms with E-state index >= 15 is 0 Å². The Morgan fingerprint density at radius 2 is 1.90 bits per heavy atom. The van der Waals surface area contributed by atoms with E-state index < -0.39 is 11.1 Å². The maximum absolute atomic E-state index is 12.2. The molecule has 1 aromatic carbocycles. The summed E-state index contributed by atoms with van der Waals surface area (Å²) in [5.41, 5.74) is 1.97. The number of nitrogens with zero attached hydrogens (tertiary/aromatic N) is 5. The van der Waals surface area contributed by atoms with E-state index in [9.17, 15) is 19.7 Å². The van der Waals surface area contributed by atoms with Crippen LogP contribution in [0, 0.1) is 34.8 Å². The summed E-state index contributed by atoms with van der Waals surface area (Å²) in [6.45, 7) is 3.82. The topological polar surface area (TPSA) is 158 Å². The second kappa shape index (κ2) is 10.7. The van der Waals surface area contributed by atoms with Crippen LogP contribution >= 0.6 is 0 Å². The summed E-state index contributed by atoms with van der Waals surface area (Å²) in [5, 5.41) is 19.0. The molecule has 204 valence electrons. The summed E-state index contributed by atoms with van der Waals surface area (Å²) in [4.78, 5) is 39.2. The summed E-state index contributed by atoms with van der Waals surface area (Å²) in [6.07, 6.45) is 0.783. The van der Waals surface area contributed by atoms with Gasteiger partial charge in [-0.3, -0.25) is 14.9 Å². The van der Waals surface area contributed by atoms with Crippen molar-refractivity contribution in [3.63, 3.8) is 0 Å². The van der Waals surface area contributed by atoms with Crippen LogP contribution in [0.15, 0.2) is 36.4 Å². The van der Waals surface area contributed by atoms with Gasteiger partial charge in [0, 0.05) is 25.1 Å². The van der Waals surface area contributed by atoms with Gasteiger partial charge in [-0.05, 0) is 56.9 Å². The lowest BCUT2D eigenvalue weighted by Crippen LogP contribution is -2.21. The van der Waals surface area contributed by atoms with Crippen LogP contribution in [0.2, 0.25) is 0 Å². The van der Waals surface area contributed by atoms with Crippen LogP contribution in [-0.4, -0.2) is 49.7 Å². The normalized spacial score (nSPS) is 21.1. The van der Waals surface area contributed by atoms with Gasteiger partial charge in [0.05, 0.1) is 28.8 Å². The number of benzene rings is 1. The second-order valence-corrected chi connectivity index (χ2v) is 9.43. The van der Waals surface area contributed by atoms with Gasteiger partial charge in [0.15, 0.2) is 0 Å². The van der Waals surface area contributed by atoms with Gasteiger partial charge in [0.25, 0.3) is 5.69 Å². The fourth-order valence-corrected chi connectivity index (χ4v) is 5.13. The SMILES string of the molecule is CCOC(=O)C1C2CCC(Oc3ccc(-c4nnn(C)c4COC(=O)Oc4ccc([N+](=O)[O-])cc4)nc3C)C21. The van der Waals surface area contributed by atoms with Crippen molar-refractivity contribution in [2.45, 2.75) is 39.4 Å². The largest absolute Gasteiger partial charge is 0.514 e. The van der Waals surface area contributed by atoms with E-state index in [4.69, 9.17) is 18.9 Å². The Morgan fingerprint density at radius 3 is 2.59 bits per heavy atom. The molecule has 39 heavy (non-hydrogen) atoms. The molecule has 0 aliphatic heterocycles. The molecule has 2 fully saturated rings. The predicted molar refractivity (Wildman–Crippen MR) is 134 cm³/mol. The van der Waals surface area contributed by atoms with Crippen LogP contribution in [0.4, 0.5) is 10.5 Å². The molecule has 4 unspecified atom stereocenters. The van der Waals surface area contributed by atoms with Gasteiger partial charge < -0.3 is 18.9 Å². The molecule has 3 aromatic rings. The Labute approximate surface area is 223 Å². The molecule has 2 aromatic heterocycles. The first-order valence-electron chi connectivity index (χ1n) is 12.6. The molecule has 0 radical (unpaired) electrons. The van der Waals surface area contributed by atoms with E-state index in [2.05, 4.69) is 15.3 Å². The molecular weight excluding hydrogens is 510 g/mol. The standard InChI is InChI=1S/C26H27N5O8/c1-4-36-25(32)23-17-9-11-21(22(17)23)39-20-12-10-18(27-14(20)2)24-19(30(3)29-28-24)13-37-26(33)38-16-7-5-15(6-8-16)31(34)35/h5-8,10,12,17,21-23H,4,9,11,13H2,1-3H3. The molecule has 0 amide bonds. The van der Waals surface area contributed by atoms with Crippen molar-refractivity contribution < 1.29 is 33.5 Å². The highest BCUT2D eigenvalue weighted by molar-refractivity contribution is 5.77. The first kappa shape index (κ1) is 26.1.